The van der Waals surface area contributed by atoms with Gasteiger partial charge < -0.3 is 5.73 Å². The van der Waals surface area contributed by atoms with Gasteiger partial charge in [0.15, 0.2) is 0 Å². The first kappa shape index (κ1) is 7.81. The molecule has 1 heteroatoms. The van der Waals surface area contributed by atoms with Gasteiger partial charge in [-0.25, -0.2) is 0 Å². The lowest BCUT2D eigenvalue weighted by Crippen LogP contribution is -2.14. The van der Waals surface area contributed by atoms with E-state index in [1.54, 1.807) is 0 Å². The van der Waals surface area contributed by atoms with Crippen LogP contribution in [0.2, 0.25) is 0 Å². The summed E-state index contributed by atoms with van der Waals surface area (Å²) in [6.45, 7) is 4.35. The van der Waals surface area contributed by atoms with E-state index in [4.69, 9.17) is 5.73 Å². The molecule has 0 radical (unpaired) electrons. The van der Waals surface area contributed by atoms with Gasteiger partial charge in [-0.15, -0.1) is 0 Å². The van der Waals surface area contributed by atoms with E-state index in [1.807, 2.05) is 0 Å². The van der Waals surface area contributed by atoms with Gasteiger partial charge in [-0.05, 0) is 18.9 Å². The van der Waals surface area contributed by atoms with E-state index < -0.39 is 0 Å². The Labute approximate surface area is 73.6 Å². The average Bonchev–Trinajstić information content (AvgIpc) is 2.62. The van der Waals surface area contributed by atoms with Crippen LogP contribution in [0.4, 0.5) is 0 Å². The Morgan fingerprint density at radius 2 is 1.83 bits per heavy atom. The van der Waals surface area contributed by atoms with Gasteiger partial charge in [0.05, 0.1) is 0 Å². The summed E-state index contributed by atoms with van der Waals surface area (Å²) in [5, 5.41) is 0. The molecule has 0 saturated heterocycles. The van der Waals surface area contributed by atoms with E-state index in [2.05, 4.69) is 38.1 Å². The summed E-state index contributed by atoms with van der Waals surface area (Å²) in [6, 6.07) is 9.09. The largest absolute Gasteiger partial charge is 0.327 e. The molecule has 0 bridgehead atoms. The fraction of sp³-hybridized carbons (Fsp3) is 0.455. The van der Waals surface area contributed by atoms with Crippen LogP contribution in [0.1, 0.15) is 24.5 Å². The van der Waals surface area contributed by atoms with Crippen molar-refractivity contribution in [3.63, 3.8) is 0 Å². The number of hydrogen-bond donors (Lipinski definition) is 1. The lowest BCUT2D eigenvalue weighted by molar-refractivity contribution is 0.741. The minimum absolute atomic E-state index is 0.272. The Balaban J connectivity index is 2.31. The molecule has 0 aliphatic heterocycles. The van der Waals surface area contributed by atoms with Crippen LogP contribution in [0.5, 0.6) is 0 Å². The molecular weight excluding hydrogens is 146 g/mol. The quantitative estimate of drug-likeness (QED) is 0.669. The molecule has 64 valence electrons. The van der Waals surface area contributed by atoms with Gasteiger partial charge in [0.2, 0.25) is 0 Å². The van der Waals surface area contributed by atoms with Crippen LogP contribution in [0.15, 0.2) is 24.3 Å². The van der Waals surface area contributed by atoms with E-state index in [1.165, 1.54) is 11.1 Å². The zero-order valence-corrected chi connectivity index (χ0v) is 7.67. The molecule has 1 aliphatic rings. The number of aryl methyl sites for hydroxylation is 1. The minimum Gasteiger partial charge on any atom is -0.327 e. The van der Waals surface area contributed by atoms with E-state index in [0.29, 0.717) is 6.04 Å². The van der Waals surface area contributed by atoms with Crippen molar-refractivity contribution in [2.75, 3.05) is 0 Å². The average molecular weight is 161 g/mol. The molecule has 0 spiro atoms. The first-order valence-electron chi connectivity index (χ1n) is 4.46. The van der Waals surface area contributed by atoms with Crippen molar-refractivity contribution in [3.05, 3.63) is 35.4 Å². The third-order valence-corrected chi connectivity index (χ3v) is 3.01. The molecular formula is C11H15N. The number of hydrogen-bond acceptors (Lipinski definition) is 1. The zero-order chi connectivity index (χ0) is 8.77. The molecule has 12 heavy (non-hydrogen) atoms. The molecule has 2 rings (SSSR count). The second-order valence-corrected chi connectivity index (χ2v) is 4.09. The Morgan fingerprint density at radius 1 is 1.33 bits per heavy atom. The van der Waals surface area contributed by atoms with Gasteiger partial charge in [-0.1, -0.05) is 36.8 Å². The number of benzene rings is 1. The van der Waals surface area contributed by atoms with Gasteiger partial charge in [0.1, 0.15) is 0 Å². The molecule has 1 saturated carbocycles. The molecule has 1 unspecified atom stereocenters. The second-order valence-electron chi connectivity index (χ2n) is 4.09. The normalized spacial score (nSPS) is 33.4. The Kier molecular flexibility index (Phi) is 1.52. The van der Waals surface area contributed by atoms with E-state index >= 15 is 0 Å². The number of rotatable bonds is 1. The van der Waals surface area contributed by atoms with Gasteiger partial charge in [0, 0.05) is 11.5 Å². The highest BCUT2D eigenvalue weighted by atomic mass is 14.8. The maximum Gasteiger partial charge on any atom is 0.0143 e. The van der Waals surface area contributed by atoms with Gasteiger partial charge in [-0.2, -0.15) is 0 Å². The molecule has 0 amide bonds. The maximum absolute atomic E-state index is 5.87. The van der Waals surface area contributed by atoms with Crippen molar-refractivity contribution in [3.8, 4) is 0 Å². The third-order valence-electron chi connectivity index (χ3n) is 3.01. The van der Waals surface area contributed by atoms with Crippen molar-refractivity contribution < 1.29 is 0 Å². The van der Waals surface area contributed by atoms with Crippen molar-refractivity contribution in [1.82, 2.24) is 0 Å². The topological polar surface area (TPSA) is 26.0 Å². The molecule has 1 aromatic rings. The molecule has 1 aromatic carbocycles. The summed E-state index contributed by atoms with van der Waals surface area (Å²) in [7, 11) is 0. The lowest BCUT2D eigenvalue weighted by atomic mass is 9.97. The smallest absolute Gasteiger partial charge is 0.0143 e. The summed E-state index contributed by atoms with van der Waals surface area (Å²) in [6.07, 6.45) is 1.13. The number of nitrogens with two attached hydrogens (primary N) is 1. The first-order chi connectivity index (χ1) is 5.63. The highest BCUT2D eigenvalue weighted by Gasteiger charge is 2.48. The standard InChI is InChI=1S/C11H15N/c1-8-3-5-9(6-4-8)11(2)7-10(11)12/h3-6,10H,7,12H2,1-2H3/t10-,11?/m1/s1. The molecule has 1 aliphatic carbocycles. The second kappa shape index (κ2) is 2.33. The molecule has 2 atom stereocenters. The maximum atomic E-state index is 5.87. The lowest BCUT2D eigenvalue weighted by Gasteiger charge is -2.09. The van der Waals surface area contributed by atoms with E-state index in [0.717, 1.165) is 6.42 Å². The zero-order valence-electron chi connectivity index (χ0n) is 7.67. The fourth-order valence-corrected chi connectivity index (χ4v) is 1.66. The third kappa shape index (κ3) is 1.05. The SMILES string of the molecule is Cc1ccc(C2(C)C[C@H]2N)cc1. The Morgan fingerprint density at radius 3 is 2.25 bits per heavy atom. The van der Waals surface area contributed by atoms with Crippen LogP contribution >= 0.6 is 0 Å². The van der Waals surface area contributed by atoms with Crippen LogP contribution in [0.25, 0.3) is 0 Å². The summed E-state index contributed by atoms with van der Waals surface area (Å²) >= 11 is 0. The Bertz CT molecular complexity index is 288. The molecule has 2 N–H and O–H groups in total. The van der Waals surface area contributed by atoms with Gasteiger partial charge >= 0.3 is 0 Å². The molecule has 0 aromatic heterocycles. The molecule has 1 nitrogen and oxygen atoms in total. The van der Waals surface area contributed by atoms with Crippen LogP contribution in [0.3, 0.4) is 0 Å². The molecule has 1 fully saturated rings. The summed E-state index contributed by atoms with van der Waals surface area (Å²) in [4.78, 5) is 0. The van der Waals surface area contributed by atoms with E-state index in [9.17, 15) is 0 Å². The van der Waals surface area contributed by atoms with E-state index in [-0.39, 0.29) is 5.41 Å². The highest BCUT2D eigenvalue weighted by Crippen LogP contribution is 2.46. The van der Waals surface area contributed by atoms with Crippen molar-refractivity contribution in [1.29, 1.82) is 0 Å². The van der Waals surface area contributed by atoms with Gasteiger partial charge in [-0.3, -0.25) is 0 Å². The predicted octanol–water partition coefficient (Wildman–Crippen LogP) is 1.98. The molecule has 0 heterocycles. The summed E-state index contributed by atoms with van der Waals surface area (Å²) in [5.41, 5.74) is 8.85. The van der Waals surface area contributed by atoms with Gasteiger partial charge in [0.25, 0.3) is 0 Å². The van der Waals surface area contributed by atoms with Crippen LogP contribution in [0, 0.1) is 6.92 Å². The van der Waals surface area contributed by atoms with Crippen LogP contribution in [-0.4, -0.2) is 6.04 Å². The Hall–Kier alpha value is -0.820. The summed E-state index contributed by atoms with van der Waals surface area (Å²) < 4.78 is 0. The summed E-state index contributed by atoms with van der Waals surface area (Å²) in [5.74, 6) is 0. The fourth-order valence-electron chi connectivity index (χ4n) is 1.66. The highest BCUT2D eigenvalue weighted by molar-refractivity contribution is 5.36. The minimum atomic E-state index is 0.272. The first-order valence-corrected chi connectivity index (χ1v) is 4.46. The van der Waals surface area contributed by atoms with Crippen LogP contribution in [-0.2, 0) is 5.41 Å². The van der Waals surface area contributed by atoms with Crippen molar-refractivity contribution in [2.45, 2.75) is 31.7 Å². The monoisotopic (exact) mass is 161 g/mol. The predicted molar refractivity (Wildman–Crippen MR) is 51.1 cm³/mol. The van der Waals surface area contributed by atoms with Crippen LogP contribution < -0.4 is 5.73 Å². The van der Waals surface area contributed by atoms with Crippen molar-refractivity contribution >= 4 is 0 Å². The van der Waals surface area contributed by atoms with Crippen molar-refractivity contribution in [2.24, 2.45) is 5.73 Å².